The molecule has 1 aromatic carbocycles. The third kappa shape index (κ3) is 1.50. The van der Waals surface area contributed by atoms with E-state index in [0.29, 0.717) is 4.99 Å². The van der Waals surface area contributed by atoms with E-state index in [9.17, 15) is 0 Å². The lowest BCUT2D eigenvalue weighted by Gasteiger charge is -1.92. The summed E-state index contributed by atoms with van der Waals surface area (Å²) in [4.78, 5) is 0.454. The Bertz CT molecular complexity index is 205. The third-order valence-electron chi connectivity index (χ3n) is 1.06. The average Bonchev–Trinajstić information content (AvgIpc) is 1.90. The van der Waals surface area contributed by atoms with E-state index in [1.165, 1.54) is 0 Å². The predicted molar refractivity (Wildman–Crippen MR) is 42.3 cm³/mol. The smallest absolute Gasteiger partial charge is 0.103 e. The molecule has 0 saturated heterocycles. The van der Waals surface area contributed by atoms with Crippen LogP contribution in [0, 0.1) is 0 Å². The molecule has 0 aliphatic rings. The summed E-state index contributed by atoms with van der Waals surface area (Å²) in [6, 6.07) is 9.54. The quantitative estimate of drug-likeness (QED) is 0.468. The van der Waals surface area contributed by atoms with Crippen LogP contribution in [0.15, 0.2) is 30.3 Å². The number of benzene rings is 1. The Morgan fingerprint density at radius 2 is 1.78 bits per heavy atom. The first kappa shape index (κ1) is 6.23. The van der Waals surface area contributed by atoms with Gasteiger partial charge in [0.2, 0.25) is 0 Å². The Morgan fingerprint density at radius 1 is 1.22 bits per heavy atom. The van der Waals surface area contributed by atoms with Crippen LogP contribution in [0.4, 0.5) is 0 Å². The Kier molecular flexibility index (Phi) is 1.80. The maximum Gasteiger partial charge on any atom is 0.103 e. The molecule has 0 fully saturated rings. The Hall–Kier alpha value is -0.890. The van der Waals surface area contributed by atoms with Crippen LogP contribution in [0.5, 0.6) is 0 Å². The van der Waals surface area contributed by atoms with Gasteiger partial charge in [0.05, 0.1) is 0 Å². The van der Waals surface area contributed by atoms with Crippen molar-refractivity contribution in [2.24, 2.45) is 5.73 Å². The number of hydrogen-bond donors (Lipinski definition) is 1. The fourth-order valence-corrected chi connectivity index (χ4v) is 0.739. The minimum absolute atomic E-state index is 0.454. The van der Waals surface area contributed by atoms with Gasteiger partial charge >= 0.3 is 0 Å². The van der Waals surface area contributed by atoms with Crippen molar-refractivity contribution < 1.29 is 0 Å². The van der Waals surface area contributed by atoms with Gasteiger partial charge in [-0.1, -0.05) is 42.5 Å². The number of thiocarbonyl (C=S) groups is 1. The monoisotopic (exact) mass is 138 g/mol. The molecule has 46 valence electrons. The van der Waals surface area contributed by atoms with Crippen molar-refractivity contribution in [2.45, 2.75) is 0 Å². The van der Waals surface area contributed by atoms with Crippen LogP contribution in [0.25, 0.3) is 0 Å². The molecule has 0 saturated carbocycles. The van der Waals surface area contributed by atoms with E-state index < -0.39 is 0 Å². The van der Waals surface area contributed by atoms with E-state index in [1.54, 1.807) is 0 Å². The highest BCUT2D eigenvalue weighted by atomic mass is 32.1. The van der Waals surface area contributed by atoms with Crippen molar-refractivity contribution in [3.63, 3.8) is 0 Å². The molecule has 1 aromatic rings. The van der Waals surface area contributed by atoms with E-state index in [-0.39, 0.29) is 0 Å². The van der Waals surface area contributed by atoms with Gasteiger partial charge in [-0.3, -0.25) is 0 Å². The molecule has 2 heteroatoms. The summed E-state index contributed by atoms with van der Waals surface area (Å²) in [6.07, 6.45) is 0. The van der Waals surface area contributed by atoms with Crippen molar-refractivity contribution in [3.05, 3.63) is 35.9 Å². The van der Waals surface area contributed by atoms with Crippen LogP contribution in [-0.4, -0.2) is 4.99 Å². The van der Waals surface area contributed by atoms with Crippen LogP contribution in [0.1, 0.15) is 5.56 Å². The first-order valence-corrected chi connectivity index (χ1v) is 3.06. The molecular formula is C7H7NS. The van der Waals surface area contributed by atoms with E-state index in [0.717, 1.165) is 5.56 Å². The molecule has 0 radical (unpaired) electrons. The van der Waals surface area contributed by atoms with Gasteiger partial charge in [-0.25, -0.2) is 0 Å². The predicted octanol–water partition coefficient (Wildman–Crippen LogP) is 1.32. The highest BCUT2D eigenvalue weighted by Crippen LogP contribution is 1.96. The molecule has 0 heterocycles. The maximum absolute atomic E-state index is 5.35. The van der Waals surface area contributed by atoms with Gasteiger partial charge in [-0.2, -0.15) is 0 Å². The van der Waals surface area contributed by atoms with Crippen molar-refractivity contribution in [3.8, 4) is 0 Å². The highest BCUT2D eigenvalue weighted by Gasteiger charge is 1.89. The number of rotatable bonds is 1. The fourth-order valence-electron chi connectivity index (χ4n) is 0.602. The fraction of sp³-hybridized carbons (Fsp3) is 0. The number of nitrogens with two attached hydrogens (primary N) is 1. The lowest BCUT2D eigenvalue weighted by molar-refractivity contribution is 1.63. The normalized spacial score (nSPS) is 8.89. The molecule has 1 rings (SSSR count). The summed E-state index contributed by atoms with van der Waals surface area (Å²) in [5, 5.41) is 0. The molecule has 1 nitrogen and oxygen atoms in total. The van der Waals surface area contributed by atoms with Crippen LogP contribution >= 0.6 is 12.2 Å². The van der Waals surface area contributed by atoms with Gasteiger partial charge in [0.25, 0.3) is 0 Å². The van der Waals surface area contributed by atoms with Gasteiger partial charge in [-0.15, -0.1) is 0 Å². The minimum Gasteiger partial charge on any atom is -0.389 e. The van der Waals surface area contributed by atoms with Gasteiger partial charge in [0.15, 0.2) is 0 Å². The zero-order valence-electron chi connectivity index (χ0n) is 4.87. The summed E-state index contributed by atoms with van der Waals surface area (Å²) >= 11 is 4.74. The number of hydrogen-bond acceptors (Lipinski definition) is 1. The Balaban J connectivity index is 2.98. The second kappa shape index (κ2) is 2.60. The minimum atomic E-state index is 0.454. The van der Waals surface area contributed by atoms with Crippen LogP contribution < -0.4 is 5.73 Å². The topological polar surface area (TPSA) is 26.0 Å². The zero-order chi connectivity index (χ0) is 6.69. The van der Waals surface area contributed by atoms with Crippen molar-refractivity contribution in [2.75, 3.05) is 0 Å². The molecule has 0 unspecified atom stereocenters. The summed E-state index contributed by atoms with van der Waals surface area (Å²) < 4.78 is 0. The largest absolute Gasteiger partial charge is 0.389 e. The van der Waals surface area contributed by atoms with Gasteiger partial charge < -0.3 is 5.73 Å². The van der Waals surface area contributed by atoms with Gasteiger partial charge in [0, 0.05) is 5.56 Å². The second-order valence-corrected chi connectivity index (χ2v) is 2.17. The van der Waals surface area contributed by atoms with E-state index in [1.807, 2.05) is 30.3 Å². The van der Waals surface area contributed by atoms with Crippen LogP contribution in [-0.2, 0) is 0 Å². The zero-order valence-corrected chi connectivity index (χ0v) is 5.69. The van der Waals surface area contributed by atoms with Crippen LogP contribution in [0.2, 0.25) is 0 Å². The highest BCUT2D eigenvalue weighted by molar-refractivity contribution is 7.80. The van der Waals surface area contributed by atoms with Crippen molar-refractivity contribution in [1.82, 2.24) is 0 Å². The van der Waals surface area contributed by atoms with Crippen molar-refractivity contribution in [1.29, 1.82) is 0 Å². The lowest BCUT2D eigenvalue weighted by Crippen LogP contribution is -2.08. The summed E-state index contributed by atoms with van der Waals surface area (Å²) in [7, 11) is 0. The molecule has 0 bridgehead atoms. The molecule has 0 atom stereocenters. The molecule has 0 spiro atoms. The molecule has 0 aliphatic carbocycles. The summed E-state index contributed by atoms with van der Waals surface area (Å²) in [5.41, 5.74) is 6.27. The van der Waals surface area contributed by atoms with Gasteiger partial charge in [-0.05, 0) is 0 Å². The molecule has 9 heavy (non-hydrogen) atoms. The lowest BCUT2D eigenvalue weighted by atomic mass is 10.2. The summed E-state index contributed by atoms with van der Waals surface area (Å²) in [6.45, 7) is 0. The van der Waals surface area contributed by atoms with Crippen LogP contribution in [0.3, 0.4) is 0 Å². The second-order valence-electron chi connectivity index (χ2n) is 1.73. The summed E-state index contributed by atoms with van der Waals surface area (Å²) in [5.74, 6) is 0. The molecule has 0 amide bonds. The first-order chi connectivity index (χ1) is 4.30. The Morgan fingerprint density at radius 3 is 2.11 bits per heavy atom. The van der Waals surface area contributed by atoms with Crippen molar-refractivity contribution >= 4 is 17.2 Å². The molecule has 0 aliphatic heterocycles. The Labute approximate surface area is 59.5 Å². The van der Waals surface area contributed by atoms with E-state index >= 15 is 0 Å². The standard InChI is InChI=1S/C7H7NS/c8-7(9)6-4-2-1-3-5-6/h1-5H,(H2,8,9)/i8+1. The molecule has 2 N–H and O–H groups in total. The molecular weight excluding hydrogens is 131 g/mol. The maximum atomic E-state index is 5.35. The average molecular weight is 138 g/mol. The van der Waals surface area contributed by atoms with Gasteiger partial charge in [0.1, 0.15) is 4.99 Å². The third-order valence-corrected chi connectivity index (χ3v) is 1.29. The SMILES string of the molecule is [15NH2]C(=S)c1ccccc1. The first-order valence-electron chi connectivity index (χ1n) is 2.65. The van der Waals surface area contributed by atoms with E-state index in [2.05, 4.69) is 0 Å². The van der Waals surface area contributed by atoms with E-state index in [4.69, 9.17) is 18.0 Å². The molecule has 0 aromatic heterocycles.